The van der Waals surface area contributed by atoms with Crippen molar-refractivity contribution in [3.05, 3.63) is 16.4 Å². The lowest BCUT2D eigenvalue weighted by Gasteiger charge is -2.38. The second-order valence-electron chi connectivity index (χ2n) is 6.83. The van der Waals surface area contributed by atoms with E-state index in [9.17, 15) is 0 Å². The van der Waals surface area contributed by atoms with Crippen LogP contribution in [0, 0.1) is 5.92 Å². The van der Waals surface area contributed by atoms with Gasteiger partial charge in [0.15, 0.2) is 0 Å². The largest absolute Gasteiger partial charge is 0.327 e. The van der Waals surface area contributed by atoms with Gasteiger partial charge in [-0.3, -0.25) is 4.68 Å². The van der Waals surface area contributed by atoms with Crippen molar-refractivity contribution >= 4 is 11.6 Å². The Labute approximate surface area is 132 Å². The molecule has 0 radical (unpaired) electrons. The van der Waals surface area contributed by atoms with Crippen molar-refractivity contribution in [2.45, 2.75) is 63.6 Å². The first-order chi connectivity index (χ1) is 10.0. The van der Waals surface area contributed by atoms with E-state index in [1.165, 1.54) is 25.7 Å². The molecule has 2 bridgehead atoms. The summed E-state index contributed by atoms with van der Waals surface area (Å²) in [4.78, 5) is 2.56. The first-order valence-corrected chi connectivity index (χ1v) is 8.56. The van der Waals surface area contributed by atoms with E-state index < -0.39 is 0 Å². The molecule has 0 aliphatic carbocycles. The molecule has 1 aromatic rings. The van der Waals surface area contributed by atoms with Gasteiger partial charge in [0.05, 0.1) is 16.4 Å². The summed E-state index contributed by atoms with van der Waals surface area (Å²) in [5.74, 6) is 0.620. The average Bonchev–Trinajstić information content (AvgIpc) is 2.84. The Kier molecular flexibility index (Phi) is 4.30. The van der Waals surface area contributed by atoms with E-state index in [-0.39, 0.29) is 6.04 Å². The number of aryl methyl sites for hydroxylation is 2. The van der Waals surface area contributed by atoms with Crippen molar-refractivity contribution in [2.24, 2.45) is 18.7 Å². The second kappa shape index (κ2) is 5.90. The zero-order valence-electron chi connectivity index (χ0n) is 13.3. The lowest BCUT2D eigenvalue weighted by molar-refractivity contribution is 0.120. The van der Waals surface area contributed by atoms with Crippen LogP contribution < -0.4 is 5.73 Å². The quantitative estimate of drug-likeness (QED) is 0.929. The predicted molar refractivity (Wildman–Crippen MR) is 86.6 cm³/mol. The van der Waals surface area contributed by atoms with Crippen molar-refractivity contribution in [3.8, 4) is 0 Å². The Morgan fingerprint density at radius 3 is 2.43 bits per heavy atom. The van der Waals surface area contributed by atoms with Gasteiger partial charge in [-0.2, -0.15) is 5.10 Å². The molecule has 118 valence electrons. The maximum atomic E-state index is 6.55. The molecule has 3 unspecified atom stereocenters. The van der Waals surface area contributed by atoms with Crippen LogP contribution in [0.15, 0.2) is 0 Å². The summed E-state index contributed by atoms with van der Waals surface area (Å²) < 4.78 is 1.92. The molecular weight excluding hydrogens is 284 g/mol. The summed E-state index contributed by atoms with van der Waals surface area (Å²) >= 11 is 6.46. The monoisotopic (exact) mass is 310 g/mol. The van der Waals surface area contributed by atoms with Crippen LogP contribution in [-0.4, -0.2) is 39.9 Å². The fraction of sp³-hybridized carbons (Fsp3) is 0.812. The highest BCUT2D eigenvalue weighted by Crippen LogP contribution is 2.39. The molecule has 5 heteroatoms. The molecule has 3 atom stereocenters. The van der Waals surface area contributed by atoms with Gasteiger partial charge in [0, 0.05) is 31.6 Å². The third kappa shape index (κ3) is 2.73. The third-order valence-electron chi connectivity index (χ3n) is 5.67. The molecule has 0 amide bonds. The number of rotatable bonds is 4. The van der Waals surface area contributed by atoms with Gasteiger partial charge < -0.3 is 10.6 Å². The van der Waals surface area contributed by atoms with Gasteiger partial charge in [0.1, 0.15) is 0 Å². The number of fused-ring (bicyclic) bond motifs is 2. The van der Waals surface area contributed by atoms with Gasteiger partial charge in [0.25, 0.3) is 0 Å². The van der Waals surface area contributed by atoms with E-state index in [0.717, 1.165) is 41.3 Å². The minimum Gasteiger partial charge on any atom is -0.327 e. The highest BCUT2D eigenvalue weighted by Gasteiger charge is 2.40. The third-order valence-corrected chi connectivity index (χ3v) is 6.11. The van der Waals surface area contributed by atoms with Gasteiger partial charge >= 0.3 is 0 Å². The standard InChI is InChI=1S/C16H27ClN4/c1-4-14-16(17)15(21(3)19-14)9-13(18)10-7-11-5-6-12(8-10)20(11)2/h10-13H,4-9,18H2,1-3H3. The highest BCUT2D eigenvalue weighted by molar-refractivity contribution is 6.31. The SMILES string of the molecule is CCc1nn(C)c(CC(N)C2CC3CCC(C2)N3C)c1Cl. The fourth-order valence-corrected chi connectivity index (χ4v) is 4.61. The number of piperidine rings is 1. The molecule has 2 aliphatic rings. The van der Waals surface area contributed by atoms with Crippen molar-refractivity contribution in [1.82, 2.24) is 14.7 Å². The Morgan fingerprint density at radius 2 is 1.90 bits per heavy atom. The van der Waals surface area contributed by atoms with Crippen LogP contribution in [0.2, 0.25) is 5.02 Å². The Bertz CT molecular complexity index is 499. The Balaban J connectivity index is 1.70. The molecule has 4 nitrogen and oxygen atoms in total. The summed E-state index contributed by atoms with van der Waals surface area (Å²) in [6.45, 7) is 2.09. The normalized spacial score (nSPS) is 30.8. The minimum absolute atomic E-state index is 0.194. The predicted octanol–water partition coefficient (Wildman–Crippen LogP) is 2.38. The van der Waals surface area contributed by atoms with E-state index in [0.29, 0.717) is 5.92 Å². The number of hydrogen-bond donors (Lipinski definition) is 1. The molecule has 2 N–H and O–H groups in total. The molecule has 0 spiro atoms. The van der Waals surface area contributed by atoms with Crippen LogP contribution >= 0.6 is 11.6 Å². The number of aromatic nitrogens is 2. The molecule has 3 heterocycles. The van der Waals surface area contributed by atoms with E-state index in [4.69, 9.17) is 17.3 Å². The molecule has 2 aliphatic heterocycles. The molecule has 0 aromatic carbocycles. The van der Waals surface area contributed by atoms with Crippen molar-refractivity contribution in [2.75, 3.05) is 7.05 Å². The molecular formula is C16H27ClN4. The van der Waals surface area contributed by atoms with Gasteiger partial charge in [-0.15, -0.1) is 0 Å². The van der Waals surface area contributed by atoms with Crippen LogP contribution in [0.4, 0.5) is 0 Å². The van der Waals surface area contributed by atoms with E-state index >= 15 is 0 Å². The molecule has 2 fully saturated rings. The summed E-state index contributed by atoms with van der Waals surface area (Å²) in [6, 6.07) is 1.68. The highest BCUT2D eigenvalue weighted by atomic mass is 35.5. The fourth-order valence-electron chi connectivity index (χ4n) is 4.23. The lowest BCUT2D eigenvalue weighted by Crippen LogP contribution is -2.46. The van der Waals surface area contributed by atoms with Crippen molar-refractivity contribution in [3.63, 3.8) is 0 Å². The summed E-state index contributed by atoms with van der Waals surface area (Å²) in [6.07, 6.45) is 6.89. The molecule has 1 aromatic heterocycles. The minimum atomic E-state index is 0.194. The van der Waals surface area contributed by atoms with Crippen LogP contribution in [0.1, 0.15) is 44.0 Å². The first kappa shape index (κ1) is 15.3. The Hall–Kier alpha value is -0.580. The number of nitrogens with zero attached hydrogens (tertiary/aromatic N) is 3. The lowest BCUT2D eigenvalue weighted by atomic mass is 9.83. The van der Waals surface area contributed by atoms with Gasteiger partial charge in [-0.05, 0) is 45.1 Å². The van der Waals surface area contributed by atoms with E-state index in [1.54, 1.807) is 0 Å². The van der Waals surface area contributed by atoms with E-state index in [1.807, 2.05) is 11.7 Å². The number of halogens is 1. The Morgan fingerprint density at radius 1 is 1.29 bits per heavy atom. The van der Waals surface area contributed by atoms with Gasteiger partial charge in [0.2, 0.25) is 0 Å². The maximum Gasteiger partial charge on any atom is 0.0850 e. The van der Waals surface area contributed by atoms with Crippen LogP contribution in [-0.2, 0) is 19.9 Å². The van der Waals surface area contributed by atoms with Crippen LogP contribution in [0.25, 0.3) is 0 Å². The maximum absolute atomic E-state index is 6.55. The zero-order valence-corrected chi connectivity index (χ0v) is 14.1. The van der Waals surface area contributed by atoms with Crippen LogP contribution in [0.5, 0.6) is 0 Å². The smallest absolute Gasteiger partial charge is 0.0850 e. The second-order valence-corrected chi connectivity index (χ2v) is 7.21. The topological polar surface area (TPSA) is 47.1 Å². The summed E-state index contributed by atoms with van der Waals surface area (Å²) in [5, 5.41) is 5.33. The number of hydrogen-bond acceptors (Lipinski definition) is 3. The summed E-state index contributed by atoms with van der Waals surface area (Å²) in [5.41, 5.74) is 8.64. The van der Waals surface area contributed by atoms with Crippen LogP contribution in [0.3, 0.4) is 0 Å². The molecule has 3 rings (SSSR count). The van der Waals surface area contributed by atoms with Gasteiger partial charge in [-0.25, -0.2) is 0 Å². The average molecular weight is 311 g/mol. The molecule has 0 saturated carbocycles. The summed E-state index contributed by atoms with van der Waals surface area (Å²) in [7, 11) is 4.25. The zero-order chi connectivity index (χ0) is 15.1. The molecule has 2 saturated heterocycles. The van der Waals surface area contributed by atoms with Crippen molar-refractivity contribution in [1.29, 1.82) is 0 Å². The number of nitrogens with two attached hydrogens (primary N) is 1. The van der Waals surface area contributed by atoms with Crippen molar-refractivity contribution < 1.29 is 0 Å². The van der Waals surface area contributed by atoms with Gasteiger partial charge in [-0.1, -0.05) is 18.5 Å². The molecule has 21 heavy (non-hydrogen) atoms. The van der Waals surface area contributed by atoms with E-state index in [2.05, 4.69) is 24.0 Å². The first-order valence-electron chi connectivity index (χ1n) is 8.19.